The Hall–Kier alpha value is -0.0800. The quantitative estimate of drug-likeness (QED) is 0.715. The van der Waals surface area contributed by atoms with Crippen LogP contribution in [-0.2, 0) is 4.74 Å². The number of fused-ring (bicyclic) bond motifs is 1. The summed E-state index contributed by atoms with van der Waals surface area (Å²) >= 11 is 0. The highest BCUT2D eigenvalue weighted by Gasteiger charge is 2.46. The number of rotatable bonds is 1. The van der Waals surface area contributed by atoms with Crippen molar-refractivity contribution in [2.75, 3.05) is 6.54 Å². The van der Waals surface area contributed by atoms with Gasteiger partial charge in [-0.15, -0.1) is 0 Å². The highest BCUT2D eigenvalue weighted by molar-refractivity contribution is 4.99. The molecule has 0 aromatic carbocycles. The minimum atomic E-state index is 0.378. The zero-order valence-electron chi connectivity index (χ0n) is 9.96. The molecule has 1 aliphatic heterocycles. The van der Waals surface area contributed by atoms with Crippen molar-refractivity contribution in [3.8, 4) is 0 Å². The Morgan fingerprint density at radius 1 is 1.20 bits per heavy atom. The number of morpholine rings is 1. The van der Waals surface area contributed by atoms with Gasteiger partial charge in [-0.2, -0.15) is 0 Å². The molecule has 3 aliphatic rings. The van der Waals surface area contributed by atoms with E-state index in [1.807, 2.05) is 0 Å². The van der Waals surface area contributed by atoms with Crippen LogP contribution in [0, 0.1) is 11.3 Å². The van der Waals surface area contributed by atoms with Crippen molar-refractivity contribution >= 4 is 0 Å². The first-order chi connectivity index (χ1) is 7.17. The lowest BCUT2D eigenvalue weighted by atomic mass is 9.71. The lowest BCUT2D eigenvalue weighted by Gasteiger charge is -2.49. The standard InChI is InChI=1S/C13H23NO/c1-13(2)7-3-4-10-12(13)15-11(8-14-10)9-5-6-9/h9-12,14H,3-8H2,1-2H3. The maximum absolute atomic E-state index is 6.37. The van der Waals surface area contributed by atoms with E-state index in [2.05, 4.69) is 19.2 Å². The minimum Gasteiger partial charge on any atom is -0.371 e. The van der Waals surface area contributed by atoms with E-state index in [1.165, 1.54) is 32.1 Å². The van der Waals surface area contributed by atoms with Crippen LogP contribution in [0.2, 0.25) is 0 Å². The van der Waals surface area contributed by atoms with Gasteiger partial charge in [-0.25, -0.2) is 0 Å². The summed E-state index contributed by atoms with van der Waals surface area (Å²) in [6.07, 6.45) is 7.76. The largest absolute Gasteiger partial charge is 0.371 e. The summed E-state index contributed by atoms with van der Waals surface area (Å²) in [5, 5.41) is 3.72. The van der Waals surface area contributed by atoms with E-state index < -0.39 is 0 Å². The van der Waals surface area contributed by atoms with Gasteiger partial charge in [0.25, 0.3) is 0 Å². The van der Waals surface area contributed by atoms with Crippen molar-refractivity contribution in [1.82, 2.24) is 5.32 Å². The first-order valence-electron chi connectivity index (χ1n) is 6.56. The lowest BCUT2D eigenvalue weighted by Crippen LogP contribution is -2.59. The summed E-state index contributed by atoms with van der Waals surface area (Å²) < 4.78 is 6.37. The van der Waals surface area contributed by atoms with Crippen molar-refractivity contribution in [3.63, 3.8) is 0 Å². The Morgan fingerprint density at radius 3 is 2.73 bits per heavy atom. The van der Waals surface area contributed by atoms with Crippen LogP contribution in [-0.4, -0.2) is 24.8 Å². The molecule has 0 aromatic heterocycles. The third-order valence-electron chi connectivity index (χ3n) is 4.52. The van der Waals surface area contributed by atoms with Gasteiger partial charge in [0.2, 0.25) is 0 Å². The fourth-order valence-electron chi connectivity index (χ4n) is 3.35. The van der Waals surface area contributed by atoms with E-state index >= 15 is 0 Å². The number of hydrogen-bond donors (Lipinski definition) is 1. The van der Waals surface area contributed by atoms with Crippen LogP contribution in [0.4, 0.5) is 0 Å². The number of hydrogen-bond acceptors (Lipinski definition) is 2. The SMILES string of the molecule is CC1(C)CCCC2NCC(C3CC3)OC21. The average Bonchev–Trinajstić information content (AvgIpc) is 3.00. The Morgan fingerprint density at radius 2 is 2.00 bits per heavy atom. The molecule has 0 aromatic rings. The Bertz CT molecular complexity index is 247. The van der Waals surface area contributed by atoms with E-state index in [1.54, 1.807) is 0 Å². The predicted molar refractivity (Wildman–Crippen MR) is 60.8 cm³/mol. The summed E-state index contributed by atoms with van der Waals surface area (Å²) in [5.41, 5.74) is 0.378. The van der Waals surface area contributed by atoms with Crippen molar-refractivity contribution in [3.05, 3.63) is 0 Å². The van der Waals surface area contributed by atoms with Crippen LogP contribution < -0.4 is 5.32 Å². The van der Waals surface area contributed by atoms with Crippen molar-refractivity contribution in [2.24, 2.45) is 11.3 Å². The molecule has 3 rings (SSSR count). The second kappa shape index (κ2) is 3.46. The fraction of sp³-hybridized carbons (Fsp3) is 1.00. The number of nitrogens with one attached hydrogen (secondary N) is 1. The Balaban J connectivity index is 1.72. The maximum atomic E-state index is 6.37. The molecule has 0 bridgehead atoms. The molecule has 15 heavy (non-hydrogen) atoms. The van der Waals surface area contributed by atoms with Crippen LogP contribution in [0.3, 0.4) is 0 Å². The molecule has 3 atom stereocenters. The molecule has 0 radical (unpaired) electrons. The van der Waals surface area contributed by atoms with E-state index in [0.29, 0.717) is 23.7 Å². The van der Waals surface area contributed by atoms with Gasteiger partial charge in [-0.05, 0) is 37.0 Å². The Kier molecular flexibility index (Phi) is 2.33. The molecule has 2 saturated carbocycles. The maximum Gasteiger partial charge on any atom is 0.0783 e. The third kappa shape index (κ3) is 1.83. The molecule has 1 saturated heterocycles. The highest BCUT2D eigenvalue weighted by atomic mass is 16.5. The van der Waals surface area contributed by atoms with Crippen LogP contribution in [0.1, 0.15) is 46.0 Å². The van der Waals surface area contributed by atoms with Gasteiger partial charge in [0.15, 0.2) is 0 Å². The lowest BCUT2D eigenvalue weighted by molar-refractivity contribution is -0.139. The van der Waals surface area contributed by atoms with Gasteiger partial charge >= 0.3 is 0 Å². The molecular weight excluding hydrogens is 186 g/mol. The molecule has 86 valence electrons. The summed E-state index contributed by atoms with van der Waals surface area (Å²) in [4.78, 5) is 0. The molecule has 1 N–H and O–H groups in total. The number of ether oxygens (including phenoxy) is 1. The molecule has 2 heteroatoms. The predicted octanol–water partition coefficient (Wildman–Crippen LogP) is 2.33. The molecular formula is C13H23NO. The second-order valence-corrected chi connectivity index (χ2v) is 6.33. The van der Waals surface area contributed by atoms with Gasteiger partial charge in [0, 0.05) is 12.6 Å². The fourth-order valence-corrected chi connectivity index (χ4v) is 3.35. The van der Waals surface area contributed by atoms with Crippen LogP contribution in [0.25, 0.3) is 0 Å². The van der Waals surface area contributed by atoms with Crippen molar-refractivity contribution in [1.29, 1.82) is 0 Å². The molecule has 1 heterocycles. The van der Waals surface area contributed by atoms with Gasteiger partial charge < -0.3 is 10.1 Å². The average molecular weight is 209 g/mol. The first kappa shape index (κ1) is 10.1. The summed E-state index contributed by atoms with van der Waals surface area (Å²) in [7, 11) is 0. The summed E-state index contributed by atoms with van der Waals surface area (Å²) in [6, 6.07) is 0.628. The van der Waals surface area contributed by atoms with Crippen molar-refractivity contribution < 1.29 is 4.74 Å². The Labute approximate surface area is 92.8 Å². The molecule has 2 nitrogen and oxygen atoms in total. The van der Waals surface area contributed by atoms with Gasteiger partial charge in [0.05, 0.1) is 12.2 Å². The normalized spacial score (nSPS) is 44.8. The van der Waals surface area contributed by atoms with E-state index in [9.17, 15) is 0 Å². The second-order valence-electron chi connectivity index (χ2n) is 6.33. The van der Waals surface area contributed by atoms with Crippen LogP contribution in [0.5, 0.6) is 0 Å². The molecule has 3 unspecified atom stereocenters. The van der Waals surface area contributed by atoms with E-state index in [4.69, 9.17) is 4.74 Å². The summed E-state index contributed by atoms with van der Waals surface area (Å²) in [5.74, 6) is 0.871. The zero-order valence-corrected chi connectivity index (χ0v) is 9.96. The smallest absolute Gasteiger partial charge is 0.0783 e. The van der Waals surface area contributed by atoms with Gasteiger partial charge in [0.1, 0.15) is 0 Å². The van der Waals surface area contributed by atoms with E-state index in [0.717, 1.165) is 12.5 Å². The topological polar surface area (TPSA) is 21.3 Å². The first-order valence-corrected chi connectivity index (χ1v) is 6.56. The molecule has 3 fully saturated rings. The van der Waals surface area contributed by atoms with Gasteiger partial charge in [-0.3, -0.25) is 0 Å². The van der Waals surface area contributed by atoms with Crippen LogP contribution >= 0.6 is 0 Å². The summed E-state index contributed by atoms with van der Waals surface area (Å²) in [6.45, 7) is 5.85. The monoisotopic (exact) mass is 209 g/mol. The zero-order chi connectivity index (χ0) is 10.5. The molecule has 2 aliphatic carbocycles. The van der Waals surface area contributed by atoms with Crippen LogP contribution in [0.15, 0.2) is 0 Å². The molecule has 0 spiro atoms. The highest BCUT2D eigenvalue weighted by Crippen LogP contribution is 2.43. The minimum absolute atomic E-state index is 0.378. The van der Waals surface area contributed by atoms with Gasteiger partial charge in [-0.1, -0.05) is 20.3 Å². The van der Waals surface area contributed by atoms with Crippen molar-refractivity contribution in [2.45, 2.75) is 64.2 Å². The van der Waals surface area contributed by atoms with E-state index in [-0.39, 0.29) is 0 Å². The molecule has 0 amide bonds. The third-order valence-corrected chi connectivity index (χ3v) is 4.52.